The third kappa shape index (κ3) is 5.05. The summed E-state index contributed by atoms with van der Waals surface area (Å²) < 4.78 is 21.7. The van der Waals surface area contributed by atoms with E-state index in [0.29, 0.717) is 33.3 Å². The molecule has 228 valence electrons. The van der Waals surface area contributed by atoms with Crippen molar-refractivity contribution in [2.24, 2.45) is 5.41 Å². The van der Waals surface area contributed by atoms with Gasteiger partial charge in [-0.2, -0.15) is 0 Å². The second-order valence-corrected chi connectivity index (χ2v) is 14.4. The molecule has 0 saturated carbocycles. The Balaban J connectivity index is 1.48. The van der Waals surface area contributed by atoms with Crippen LogP contribution in [0.25, 0.3) is 10.1 Å². The van der Waals surface area contributed by atoms with Gasteiger partial charge in [-0.15, -0.1) is 11.3 Å². The van der Waals surface area contributed by atoms with Crippen LogP contribution in [0.15, 0.2) is 60.7 Å². The second-order valence-electron chi connectivity index (χ2n) is 12.4. The van der Waals surface area contributed by atoms with Crippen LogP contribution in [0.3, 0.4) is 0 Å². The SMILES string of the molecule is COC(=O)c1cc2cc(NC(=O)[C@@H]3N[C@@H](CC(C)(C)C)C4(C(=O)Nc5cc(Cl)ccc54)[C@H]3c3cccc(Cl)c3F)ccc2s1. The van der Waals surface area contributed by atoms with Crippen LogP contribution < -0.4 is 16.0 Å². The smallest absolute Gasteiger partial charge is 0.348 e. The highest BCUT2D eigenvalue weighted by molar-refractivity contribution is 7.20. The maximum Gasteiger partial charge on any atom is 0.348 e. The number of nitrogens with one attached hydrogen (secondary N) is 3. The third-order valence-electron chi connectivity index (χ3n) is 8.39. The van der Waals surface area contributed by atoms with Gasteiger partial charge in [-0.1, -0.05) is 62.2 Å². The van der Waals surface area contributed by atoms with Gasteiger partial charge in [0.1, 0.15) is 16.1 Å². The van der Waals surface area contributed by atoms with Gasteiger partial charge in [-0.05, 0) is 70.8 Å². The molecule has 3 aromatic carbocycles. The Hall–Kier alpha value is -3.50. The van der Waals surface area contributed by atoms with Gasteiger partial charge in [0.15, 0.2) is 0 Å². The summed E-state index contributed by atoms with van der Waals surface area (Å²) in [4.78, 5) is 41.0. The summed E-state index contributed by atoms with van der Waals surface area (Å²) in [7, 11) is 1.32. The van der Waals surface area contributed by atoms with Gasteiger partial charge < -0.3 is 20.7 Å². The van der Waals surface area contributed by atoms with Crippen LogP contribution in [0.2, 0.25) is 10.0 Å². The molecule has 2 amide bonds. The van der Waals surface area contributed by atoms with Gasteiger partial charge in [0.05, 0.1) is 18.2 Å². The monoisotopic (exact) mass is 653 g/mol. The average Bonchev–Trinajstić information content (AvgIpc) is 3.61. The molecule has 1 saturated heterocycles. The quantitative estimate of drug-likeness (QED) is 0.194. The molecule has 0 aliphatic carbocycles. The van der Waals surface area contributed by atoms with Gasteiger partial charge in [0.2, 0.25) is 11.8 Å². The van der Waals surface area contributed by atoms with E-state index in [-0.39, 0.29) is 21.9 Å². The number of methoxy groups -OCH3 is 1. The Bertz CT molecular complexity index is 1840. The molecule has 44 heavy (non-hydrogen) atoms. The number of esters is 1. The van der Waals surface area contributed by atoms with E-state index in [1.807, 2.05) is 6.07 Å². The molecule has 1 spiro atoms. The lowest BCUT2D eigenvalue weighted by atomic mass is 9.62. The largest absolute Gasteiger partial charge is 0.465 e. The lowest BCUT2D eigenvalue weighted by molar-refractivity contribution is -0.122. The van der Waals surface area contributed by atoms with Crippen LogP contribution >= 0.6 is 34.5 Å². The zero-order valence-corrected chi connectivity index (χ0v) is 26.7. The van der Waals surface area contributed by atoms with Crippen molar-refractivity contribution in [1.29, 1.82) is 0 Å². The van der Waals surface area contributed by atoms with Crippen LogP contribution in [0.5, 0.6) is 0 Å². The number of carbonyl (C=O) groups is 3. The lowest BCUT2D eigenvalue weighted by Gasteiger charge is -2.37. The zero-order valence-electron chi connectivity index (χ0n) is 24.4. The molecule has 2 aliphatic heterocycles. The Morgan fingerprint density at radius 2 is 1.86 bits per heavy atom. The fourth-order valence-corrected chi connectivity index (χ4v) is 8.01. The standard InChI is InChI=1S/C33H30Cl2FN3O4S/c1-32(2,3)15-25-33(20-10-8-17(34)14-22(20)38-31(33)42)26(19-6-5-7-21(35)27(19)36)28(39-25)29(40)37-18-9-11-23-16(12-18)13-24(44-23)30(41)43-4/h5-14,25-26,28,39H,15H2,1-4H3,(H,37,40)(H,38,42)/t25-,26-,28+,33?/m0/s1. The molecular weight excluding hydrogens is 624 g/mol. The molecule has 4 aromatic rings. The minimum absolute atomic E-state index is 0.102. The minimum Gasteiger partial charge on any atom is -0.465 e. The summed E-state index contributed by atoms with van der Waals surface area (Å²) in [5.74, 6) is -2.87. The van der Waals surface area contributed by atoms with Crippen LogP contribution in [0.1, 0.15) is 53.9 Å². The van der Waals surface area contributed by atoms with Crippen molar-refractivity contribution in [3.8, 4) is 0 Å². The molecular formula is C33H30Cl2FN3O4S. The van der Waals surface area contributed by atoms with E-state index in [2.05, 4.69) is 36.7 Å². The lowest BCUT2D eigenvalue weighted by Crippen LogP contribution is -2.49. The highest BCUT2D eigenvalue weighted by atomic mass is 35.5. The van der Waals surface area contributed by atoms with Crippen LogP contribution in [0, 0.1) is 11.2 Å². The molecule has 3 N–H and O–H groups in total. The van der Waals surface area contributed by atoms with E-state index in [0.717, 1.165) is 10.1 Å². The number of carbonyl (C=O) groups excluding carboxylic acids is 3. The first-order chi connectivity index (χ1) is 20.8. The van der Waals surface area contributed by atoms with Crippen LogP contribution in [0.4, 0.5) is 15.8 Å². The number of halogens is 3. The van der Waals surface area contributed by atoms with Crippen molar-refractivity contribution >= 4 is 73.8 Å². The van der Waals surface area contributed by atoms with Crippen molar-refractivity contribution in [3.63, 3.8) is 0 Å². The van der Waals surface area contributed by atoms with Crippen molar-refractivity contribution in [2.45, 2.75) is 50.6 Å². The summed E-state index contributed by atoms with van der Waals surface area (Å²) in [5.41, 5.74) is 0.206. The summed E-state index contributed by atoms with van der Waals surface area (Å²) >= 11 is 13.9. The number of fused-ring (bicyclic) bond motifs is 3. The fourth-order valence-electron chi connectivity index (χ4n) is 6.69. The second kappa shape index (κ2) is 11.1. The van der Waals surface area contributed by atoms with Crippen LogP contribution in [-0.2, 0) is 19.7 Å². The van der Waals surface area contributed by atoms with Crippen molar-refractivity contribution in [3.05, 3.63) is 92.5 Å². The Morgan fingerprint density at radius 3 is 2.59 bits per heavy atom. The molecule has 2 aliphatic rings. The van der Waals surface area contributed by atoms with Gasteiger partial charge >= 0.3 is 5.97 Å². The summed E-state index contributed by atoms with van der Waals surface area (Å²) in [6.07, 6.45) is 0.502. The van der Waals surface area contributed by atoms with Gasteiger partial charge in [-0.25, -0.2) is 9.18 Å². The molecule has 1 fully saturated rings. The number of thiophene rings is 1. The maximum atomic E-state index is 16.0. The van der Waals surface area contributed by atoms with Gasteiger partial charge in [0, 0.05) is 33.1 Å². The molecule has 0 radical (unpaired) electrons. The number of ether oxygens (including phenoxy) is 1. The first-order valence-electron chi connectivity index (χ1n) is 14.1. The number of hydrogen-bond donors (Lipinski definition) is 3. The van der Waals surface area contributed by atoms with Crippen LogP contribution in [-0.4, -0.2) is 37.0 Å². The van der Waals surface area contributed by atoms with E-state index in [9.17, 15) is 14.4 Å². The molecule has 7 nitrogen and oxygen atoms in total. The maximum absolute atomic E-state index is 16.0. The fraction of sp³-hybridized carbons (Fsp3) is 0.303. The molecule has 3 heterocycles. The van der Waals surface area contributed by atoms with Crippen molar-refractivity contribution in [2.75, 3.05) is 17.7 Å². The molecule has 11 heteroatoms. The molecule has 6 rings (SSSR count). The molecule has 1 unspecified atom stereocenters. The van der Waals surface area contributed by atoms with E-state index in [1.54, 1.807) is 48.5 Å². The minimum atomic E-state index is -1.35. The first-order valence-corrected chi connectivity index (χ1v) is 15.6. The summed E-state index contributed by atoms with van der Waals surface area (Å²) in [6, 6.07) is 15.3. The Morgan fingerprint density at radius 1 is 1.09 bits per heavy atom. The molecule has 0 bridgehead atoms. The zero-order chi connectivity index (χ0) is 31.6. The Labute approximate surface area is 268 Å². The average molecular weight is 655 g/mol. The Kier molecular flexibility index (Phi) is 7.73. The predicted molar refractivity (Wildman–Crippen MR) is 172 cm³/mol. The van der Waals surface area contributed by atoms with Gasteiger partial charge in [0.25, 0.3) is 0 Å². The predicted octanol–water partition coefficient (Wildman–Crippen LogP) is 7.52. The highest BCUT2D eigenvalue weighted by Crippen LogP contribution is 2.57. The third-order valence-corrected chi connectivity index (χ3v) is 10.0. The number of hydrogen-bond acceptors (Lipinski definition) is 6. The van der Waals surface area contributed by atoms with Crippen molar-refractivity contribution in [1.82, 2.24) is 5.32 Å². The summed E-state index contributed by atoms with van der Waals surface area (Å²) in [6.45, 7) is 6.16. The molecule has 1 aromatic heterocycles. The van der Waals surface area contributed by atoms with E-state index >= 15 is 4.39 Å². The normalized spacial score (nSPS) is 22.7. The van der Waals surface area contributed by atoms with E-state index < -0.39 is 41.1 Å². The molecule has 4 atom stereocenters. The van der Waals surface area contributed by atoms with Gasteiger partial charge in [-0.3, -0.25) is 9.59 Å². The number of rotatable bonds is 5. The topological polar surface area (TPSA) is 96.5 Å². The first kappa shape index (κ1) is 30.5. The number of anilines is 2. The number of benzene rings is 3. The van der Waals surface area contributed by atoms with Crippen molar-refractivity contribution < 1.29 is 23.5 Å². The summed E-state index contributed by atoms with van der Waals surface area (Å²) in [5, 5.41) is 10.5. The van der Waals surface area contributed by atoms with E-state index in [1.165, 1.54) is 24.5 Å². The highest BCUT2D eigenvalue weighted by Gasteiger charge is 2.66. The number of amides is 2. The van der Waals surface area contributed by atoms with E-state index in [4.69, 9.17) is 27.9 Å².